The van der Waals surface area contributed by atoms with Gasteiger partial charge < -0.3 is 10.1 Å². The molecule has 0 unspecified atom stereocenters. The molecule has 1 rings (SSSR count). The standard InChI is InChI=1S/C13H24ClNO2/c1-10(2)17-8-12(16)15-13(9-14)6-4-11(3)5-7-13/h10-11H,4-9H2,1-3H3,(H,15,16). The average Bonchev–Trinajstić information content (AvgIpc) is 2.30. The minimum Gasteiger partial charge on any atom is -0.369 e. The fraction of sp³-hybridized carbons (Fsp3) is 0.923. The Morgan fingerprint density at radius 3 is 2.53 bits per heavy atom. The molecule has 0 bridgehead atoms. The molecule has 17 heavy (non-hydrogen) atoms. The molecule has 0 aromatic carbocycles. The monoisotopic (exact) mass is 261 g/mol. The molecule has 0 atom stereocenters. The Labute approximate surface area is 109 Å². The van der Waals surface area contributed by atoms with Crippen LogP contribution in [0.3, 0.4) is 0 Å². The quantitative estimate of drug-likeness (QED) is 0.773. The van der Waals surface area contributed by atoms with Crippen molar-refractivity contribution in [3.63, 3.8) is 0 Å². The second kappa shape index (κ2) is 6.60. The fourth-order valence-electron chi connectivity index (χ4n) is 2.18. The third-order valence-electron chi connectivity index (χ3n) is 3.44. The van der Waals surface area contributed by atoms with Gasteiger partial charge in [-0.1, -0.05) is 6.92 Å². The summed E-state index contributed by atoms with van der Waals surface area (Å²) in [5.74, 6) is 1.19. The van der Waals surface area contributed by atoms with Gasteiger partial charge >= 0.3 is 0 Å². The first-order valence-electron chi connectivity index (χ1n) is 6.46. The predicted octanol–water partition coefficient (Wildman–Crippen LogP) is 2.72. The maximum atomic E-state index is 11.8. The summed E-state index contributed by atoms with van der Waals surface area (Å²) in [4.78, 5) is 11.8. The number of carbonyl (C=O) groups excluding carboxylic acids is 1. The molecular weight excluding hydrogens is 238 g/mol. The summed E-state index contributed by atoms with van der Waals surface area (Å²) >= 11 is 6.04. The lowest BCUT2D eigenvalue weighted by Crippen LogP contribution is -2.53. The molecule has 1 fully saturated rings. The normalized spacial score (nSPS) is 29.4. The first-order valence-corrected chi connectivity index (χ1v) is 6.99. The van der Waals surface area contributed by atoms with Crippen LogP contribution in [0.5, 0.6) is 0 Å². The maximum absolute atomic E-state index is 11.8. The van der Waals surface area contributed by atoms with Gasteiger partial charge in [0.15, 0.2) is 0 Å². The zero-order chi connectivity index (χ0) is 12.9. The highest BCUT2D eigenvalue weighted by molar-refractivity contribution is 6.18. The second-order valence-electron chi connectivity index (χ2n) is 5.50. The third kappa shape index (κ3) is 4.84. The first-order chi connectivity index (χ1) is 7.97. The number of rotatable bonds is 5. The van der Waals surface area contributed by atoms with E-state index in [4.69, 9.17) is 16.3 Å². The van der Waals surface area contributed by atoms with Crippen LogP contribution in [-0.2, 0) is 9.53 Å². The van der Waals surface area contributed by atoms with E-state index in [0.29, 0.717) is 5.88 Å². The molecule has 0 saturated heterocycles. The van der Waals surface area contributed by atoms with Crippen molar-refractivity contribution >= 4 is 17.5 Å². The number of alkyl halides is 1. The Morgan fingerprint density at radius 2 is 2.06 bits per heavy atom. The smallest absolute Gasteiger partial charge is 0.246 e. The van der Waals surface area contributed by atoms with Crippen LogP contribution in [0.1, 0.15) is 46.5 Å². The summed E-state index contributed by atoms with van der Waals surface area (Å²) in [6.07, 6.45) is 4.31. The van der Waals surface area contributed by atoms with Crippen LogP contribution >= 0.6 is 11.6 Å². The van der Waals surface area contributed by atoms with E-state index in [0.717, 1.165) is 31.6 Å². The van der Waals surface area contributed by atoms with E-state index < -0.39 is 0 Å². The minimum absolute atomic E-state index is 0.0473. The van der Waals surface area contributed by atoms with E-state index in [1.807, 2.05) is 13.8 Å². The molecule has 0 aromatic heterocycles. The zero-order valence-electron chi connectivity index (χ0n) is 11.1. The number of halogens is 1. The second-order valence-corrected chi connectivity index (χ2v) is 5.77. The van der Waals surface area contributed by atoms with E-state index in [9.17, 15) is 4.79 Å². The molecule has 100 valence electrons. The predicted molar refractivity (Wildman–Crippen MR) is 70.3 cm³/mol. The molecule has 0 aromatic rings. The Morgan fingerprint density at radius 1 is 1.47 bits per heavy atom. The van der Waals surface area contributed by atoms with E-state index in [2.05, 4.69) is 12.2 Å². The van der Waals surface area contributed by atoms with Crippen LogP contribution in [0.2, 0.25) is 0 Å². The van der Waals surface area contributed by atoms with Crippen molar-refractivity contribution in [1.82, 2.24) is 5.32 Å². The third-order valence-corrected chi connectivity index (χ3v) is 3.95. The fourth-order valence-corrected chi connectivity index (χ4v) is 2.52. The molecule has 1 saturated carbocycles. The number of hydrogen-bond acceptors (Lipinski definition) is 2. The number of amides is 1. The summed E-state index contributed by atoms with van der Waals surface area (Å²) in [7, 11) is 0. The molecule has 0 heterocycles. The van der Waals surface area contributed by atoms with Crippen molar-refractivity contribution in [3.8, 4) is 0 Å². The van der Waals surface area contributed by atoms with Crippen LogP contribution in [0.4, 0.5) is 0 Å². The van der Waals surface area contributed by atoms with Crippen LogP contribution < -0.4 is 5.32 Å². The molecule has 0 spiro atoms. The van der Waals surface area contributed by atoms with E-state index >= 15 is 0 Å². The first kappa shape index (κ1) is 14.8. The highest BCUT2D eigenvalue weighted by Crippen LogP contribution is 2.32. The zero-order valence-corrected chi connectivity index (χ0v) is 11.8. The summed E-state index contributed by atoms with van der Waals surface area (Å²) in [5.41, 5.74) is -0.203. The summed E-state index contributed by atoms with van der Waals surface area (Å²) in [6.45, 7) is 6.23. The number of hydrogen-bond donors (Lipinski definition) is 1. The molecule has 0 radical (unpaired) electrons. The van der Waals surface area contributed by atoms with E-state index in [1.54, 1.807) is 0 Å². The molecule has 0 aliphatic heterocycles. The largest absolute Gasteiger partial charge is 0.369 e. The van der Waals surface area contributed by atoms with Gasteiger partial charge in [0.1, 0.15) is 6.61 Å². The highest BCUT2D eigenvalue weighted by atomic mass is 35.5. The minimum atomic E-state index is -0.203. The van der Waals surface area contributed by atoms with Crippen molar-refractivity contribution in [2.75, 3.05) is 12.5 Å². The van der Waals surface area contributed by atoms with Crippen molar-refractivity contribution in [3.05, 3.63) is 0 Å². The Kier molecular flexibility index (Phi) is 5.74. The molecule has 1 aliphatic rings. The van der Waals surface area contributed by atoms with Gasteiger partial charge in [0.25, 0.3) is 0 Å². The van der Waals surface area contributed by atoms with Gasteiger partial charge in [0.05, 0.1) is 11.6 Å². The van der Waals surface area contributed by atoms with Gasteiger partial charge in [-0.2, -0.15) is 0 Å². The van der Waals surface area contributed by atoms with Crippen molar-refractivity contribution < 1.29 is 9.53 Å². The molecule has 4 heteroatoms. The molecule has 1 N–H and O–H groups in total. The topological polar surface area (TPSA) is 38.3 Å². The average molecular weight is 262 g/mol. The van der Waals surface area contributed by atoms with Gasteiger partial charge in [-0.05, 0) is 45.4 Å². The lowest BCUT2D eigenvalue weighted by molar-refractivity contribution is -0.129. The van der Waals surface area contributed by atoms with Crippen LogP contribution in [0.15, 0.2) is 0 Å². The Bertz CT molecular complexity index is 248. The van der Waals surface area contributed by atoms with E-state index in [1.165, 1.54) is 0 Å². The lowest BCUT2D eigenvalue weighted by Gasteiger charge is -2.38. The number of ether oxygens (including phenoxy) is 1. The molecule has 1 amide bonds. The van der Waals surface area contributed by atoms with Crippen molar-refractivity contribution in [1.29, 1.82) is 0 Å². The molecule has 3 nitrogen and oxygen atoms in total. The van der Waals surface area contributed by atoms with Gasteiger partial charge in [0.2, 0.25) is 5.91 Å². The van der Waals surface area contributed by atoms with Crippen LogP contribution in [0, 0.1) is 5.92 Å². The SMILES string of the molecule is CC1CCC(CCl)(NC(=O)COC(C)C)CC1. The summed E-state index contributed by atoms with van der Waals surface area (Å²) in [6, 6.07) is 0. The summed E-state index contributed by atoms with van der Waals surface area (Å²) < 4.78 is 5.30. The van der Waals surface area contributed by atoms with Crippen LogP contribution in [-0.4, -0.2) is 30.0 Å². The van der Waals surface area contributed by atoms with Crippen LogP contribution in [0.25, 0.3) is 0 Å². The molecule has 1 aliphatic carbocycles. The van der Waals surface area contributed by atoms with E-state index in [-0.39, 0.29) is 24.2 Å². The van der Waals surface area contributed by atoms with Gasteiger partial charge in [-0.3, -0.25) is 4.79 Å². The Balaban J connectivity index is 2.43. The lowest BCUT2D eigenvalue weighted by atomic mass is 9.78. The Hall–Kier alpha value is -0.280. The number of nitrogens with one attached hydrogen (secondary N) is 1. The molecular formula is C13H24ClNO2. The highest BCUT2D eigenvalue weighted by Gasteiger charge is 2.34. The van der Waals surface area contributed by atoms with Crippen molar-refractivity contribution in [2.24, 2.45) is 5.92 Å². The van der Waals surface area contributed by atoms with Crippen molar-refractivity contribution in [2.45, 2.75) is 58.1 Å². The van der Waals surface area contributed by atoms with Gasteiger partial charge in [0, 0.05) is 5.88 Å². The maximum Gasteiger partial charge on any atom is 0.246 e. The summed E-state index contributed by atoms with van der Waals surface area (Å²) in [5, 5.41) is 3.06. The van der Waals surface area contributed by atoms with Gasteiger partial charge in [-0.15, -0.1) is 11.6 Å². The number of carbonyl (C=O) groups is 1. The van der Waals surface area contributed by atoms with Gasteiger partial charge in [-0.25, -0.2) is 0 Å².